The number of hydrogen-bond acceptors (Lipinski definition) is 5. The van der Waals surface area contributed by atoms with Gasteiger partial charge in [0.25, 0.3) is 5.92 Å². The summed E-state index contributed by atoms with van der Waals surface area (Å²) in [7, 11) is 0. The third kappa shape index (κ3) is 5.70. The number of anilines is 2. The van der Waals surface area contributed by atoms with Crippen LogP contribution in [0.3, 0.4) is 0 Å². The smallest absolute Gasteiger partial charge is 0.273 e. The van der Waals surface area contributed by atoms with E-state index < -0.39 is 5.92 Å². The summed E-state index contributed by atoms with van der Waals surface area (Å²) in [4.78, 5) is 6.00. The number of nitrogens with one attached hydrogen (secondary N) is 1. The van der Waals surface area contributed by atoms with Gasteiger partial charge in [0.1, 0.15) is 0 Å². The first-order valence-electron chi connectivity index (χ1n) is 9.60. The monoisotopic (exact) mass is 433 g/mol. The van der Waals surface area contributed by atoms with E-state index in [4.69, 9.17) is 5.73 Å². The van der Waals surface area contributed by atoms with E-state index >= 15 is 0 Å². The normalized spacial score (nSPS) is 11.6. The second-order valence-corrected chi connectivity index (χ2v) is 8.75. The molecule has 3 rings (SSSR count). The molecule has 1 heterocycles. The number of thiol groups is 1. The van der Waals surface area contributed by atoms with E-state index in [1.807, 2.05) is 31.2 Å². The summed E-state index contributed by atoms with van der Waals surface area (Å²) in [6.45, 7) is 2.60. The molecule has 0 aliphatic carbocycles. The molecule has 0 saturated carbocycles. The molecular weight excluding hydrogens is 408 g/mol. The number of rotatable bonds is 9. The first-order valence-corrected chi connectivity index (χ1v) is 10.9. The third-order valence-corrected chi connectivity index (χ3v) is 5.81. The van der Waals surface area contributed by atoms with Gasteiger partial charge in [-0.1, -0.05) is 36.8 Å². The van der Waals surface area contributed by atoms with Gasteiger partial charge in [-0.3, -0.25) is 0 Å². The number of hydrogen-bond donors (Lipinski definition) is 3. The Morgan fingerprint density at radius 2 is 1.90 bits per heavy atom. The molecule has 0 spiro atoms. The lowest BCUT2D eigenvalue weighted by Crippen LogP contribution is -2.15. The topological polar surface area (TPSA) is 50.9 Å². The van der Waals surface area contributed by atoms with Crippen molar-refractivity contribution in [1.82, 2.24) is 4.98 Å². The second-order valence-electron chi connectivity index (χ2n) is 6.99. The van der Waals surface area contributed by atoms with E-state index in [0.29, 0.717) is 22.8 Å². The highest BCUT2D eigenvalue weighted by Crippen LogP contribution is 2.41. The van der Waals surface area contributed by atoms with Gasteiger partial charge in [0.15, 0.2) is 5.13 Å². The molecule has 3 N–H and O–H groups in total. The van der Waals surface area contributed by atoms with Crippen LogP contribution < -0.4 is 11.1 Å². The Labute approximate surface area is 179 Å². The second kappa shape index (κ2) is 9.59. The van der Waals surface area contributed by atoms with Crippen molar-refractivity contribution in [3.05, 3.63) is 59.0 Å². The van der Waals surface area contributed by atoms with Gasteiger partial charge in [-0.15, -0.1) is 24.0 Å². The number of alkyl halides is 2. The number of nitrogens with two attached hydrogens (primary N) is 1. The van der Waals surface area contributed by atoms with Gasteiger partial charge in [-0.25, -0.2) is 13.8 Å². The molecule has 0 fully saturated rings. The van der Waals surface area contributed by atoms with Gasteiger partial charge in [-0.05, 0) is 38.0 Å². The molecule has 0 bridgehead atoms. The number of aryl methyl sites for hydroxylation is 1. The molecule has 2 aromatic carbocycles. The van der Waals surface area contributed by atoms with Crippen LogP contribution >= 0.6 is 24.0 Å². The predicted molar refractivity (Wildman–Crippen MR) is 121 cm³/mol. The van der Waals surface area contributed by atoms with Crippen LogP contribution in [-0.2, 0) is 5.92 Å². The predicted octanol–water partition coefficient (Wildman–Crippen LogP) is 6.75. The number of thiazole rings is 1. The zero-order valence-corrected chi connectivity index (χ0v) is 18.0. The molecular formula is C22H25F2N3S2. The number of halogens is 2. The Bertz CT molecular complexity index is 957. The van der Waals surface area contributed by atoms with Crippen LogP contribution in [0.25, 0.3) is 11.3 Å². The van der Waals surface area contributed by atoms with Crippen molar-refractivity contribution in [2.24, 2.45) is 0 Å². The van der Waals surface area contributed by atoms with E-state index in [1.165, 1.54) is 17.4 Å². The molecule has 0 aliphatic rings. The zero-order valence-electron chi connectivity index (χ0n) is 16.3. The number of aromatic nitrogens is 1. The average Bonchev–Trinajstić information content (AvgIpc) is 3.02. The zero-order chi connectivity index (χ0) is 20.9. The lowest BCUT2D eigenvalue weighted by molar-refractivity contribution is -0.0151. The fourth-order valence-electron chi connectivity index (χ4n) is 3.31. The Hall–Kier alpha value is -2.12. The summed E-state index contributed by atoms with van der Waals surface area (Å²) in [5.41, 5.74) is 7.81. The van der Waals surface area contributed by atoms with Gasteiger partial charge >= 0.3 is 0 Å². The van der Waals surface area contributed by atoms with Gasteiger partial charge in [0, 0.05) is 39.6 Å². The highest BCUT2D eigenvalue weighted by molar-refractivity contribution is 7.80. The average molecular weight is 434 g/mol. The minimum atomic E-state index is -2.91. The van der Waals surface area contributed by atoms with Crippen molar-refractivity contribution in [1.29, 1.82) is 0 Å². The van der Waals surface area contributed by atoms with Crippen molar-refractivity contribution in [3.8, 4) is 11.3 Å². The summed E-state index contributed by atoms with van der Waals surface area (Å²) in [6, 6.07) is 14.4. The highest BCUT2D eigenvalue weighted by Gasteiger charge is 2.34. The number of nitrogens with zero attached hydrogens (tertiary/aromatic N) is 1. The van der Waals surface area contributed by atoms with E-state index in [1.54, 1.807) is 18.2 Å². The Morgan fingerprint density at radius 1 is 1.10 bits per heavy atom. The Kier molecular flexibility index (Phi) is 7.14. The molecule has 7 heteroatoms. The van der Waals surface area contributed by atoms with Crippen molar-refractivity contribution in [3.63, 3.8) is 0 Å². The van der Waals surface area contributed by atoms with Crippen molar-refractivity contribution >= 4 is 34.8 Å². The molecule has 154 valence electrons. The summed E-state index contributed by atoms with van der Waals surface area (Å²) in [5.74, 6) is -2.91. The molecule has 0 saturated heterocycles. The molecule has 3 aromatic rings. The van der Waals surface area contributed by atoms with E-state index in [2.05, 4.69) is 22.9 Å². The van der Waals surface area contributed by atoms with E-state index in [9.17, 15) is 8.78 Å². The van der Waals surface area contributed by atoms with Crippen LogP contribution in [0, 0.1) is 6.92 Å². The van der Waals surface area contributed by atoms with Crippen LogP contribution in [0.4, 0.5) is 19.6 Å². The fraction of sp³-hybridized carbons (Fsp3) is 0.318. The Balaban J connectivity index is 1.55. The van der Waals surface area contributed by atoms with Crippen LogP contribution in [0.5, 0.6) is 0 Å². The summed E-state index contributed by atoms with van der Waals surface area (Å²) >= 11 is 5.63. The summed E-state index contributed by atoms with van der Waals surface area (Å²) < 4.78 is 30.0. The molecule has 3 nitrogen and oxygen atoms in total. The Morgan fingerprint density at radius 3 is 2.62 bits per heavy atom. The largest absolute Gasteiger partial charge is 0.385 e. The molecule has 29 heavy (non-hydrogen) atoms. The van der Waals surface area contributed by atoms with Crippen LogP contribution in [0.2, 0.25) is 0 Å². The van der Waals surface area contributed by atoms with Gasteiger partial charge in [0.05, 0.1) is 5.69 Å². The van der Waals surface area contributed by atoms with Crippen molar-refractivity contribution in [2.75, 3.05) is 17.6 Å². The molecule has 0 atom stereocenters. The first kappa shape index (κ1) is 21.6. The number of benzene rings is 2. The maximum atomic E-state index is 15.0. The molecule has 1 aromatic heterocycles. The van der Waals surface area contributed by atoms with Gasteiger partial charge < -0.3 is 11.1 Å². The van der Waals surface area contributed by atoms with Crippen LogP contribution in [0.1, 0.15) is 36.1 Å². The number of unbranched alkanes of at least 4 members (excludes halogenated alkanes) is 2. The molecule has 0 amide bonds. The van der Waals surface area contributed by atoms with Gasteiger partial charge in [-0.2, -0.15) is 0 Å². The molecule has 0 radical (unpaired) electrons. The first-order chi connectivity index (χ1) is 13.9. The fourth-order valence-corrected chi connectivity index (χ4v) is 4.24. The standard InChI is InChI=1S/C22H25F2N3S2/c1-15-20(27-21(25)29-15)18-10-3-4-11-19(18)22(23,24)12-5-2-6-13-26-16-8-7-9-17(28)14-16/h3-4,7-11,14,26,28H,2,5-6,12-13H2,1H3,(H2,25,27). The quantitative estimate of drug-likeness (QED) is 0.258. The minimum Gasteiger partial charge on any atom is -0.385 e. The highest BCUT2D eigenvalue weighted by atomic mass is 32.1. The minimum absolute atomic E-state index is 0.0251. The maximum Gasteiger partial charge on any atom is 0.273 e. The summed E-state index contributed by atoms with van der Waals surface area (Å²) in [5, 5.41) is 3.69. The lowest BCUT2D eigenvalue weighted by atomic mass is 9.95. The van der Waals surface area contributed by atoms with Gasteiger partial charge in [0.2, 0.25) is 0 Å². The third-order valence-electron chi connectivity index (χ3n) is 4.73. The molecule has 0 unspecified atom stereocenters. The van der Waals surface area contributed by atoms with E-state index in [-0.39, 0.29) is 12.0 Å². The molecule has 0 aliphatic heterocycles. The van der Waals surface area contributed by atoms with Crippen LogP contribution in [-0.4, -0.2) is 11.5 Å². The van der Waals surface area contributed by atoms with E-state index in [0.717, 1.165) is 34.8 Å². The van der Waals surface area contributed by atoms with Crippen LogP contribution in [0.15, 0.2) is 53.4 Å². The SMILES string of the molecule is Cc1sc(N)nc1-c1ccccc1C(F)(F)CCCCCNc1cccc(S)c1. The maximum absolute atomic E-state index is 15.0. The summed E-state index contributed by atoms with van der Waals surface area (Å²) in [6.07, 6.45) is 1.83. The lowest BCUT2D eigenvalue weighted by Gasteiger charge is -2.20. The van der Waals surface area contributed by atoms with Crippen molar-refractivity contribution < 1.29 is 8.78 Å². The number of nitrogen functional groups attached to an aromatic ring is 1. The van der Waals surface area contributed by atoms with Crippen molar-refractivity contribution in [2.45, 2.75) is 43.4 Å².